The molecule has 1 heterocycles. The molecular weight excluding hydrogens is 307 g/mol. The van der Waals surface area contributed by atoms with E-state index in [-0.39, 0.29) is 19.5 Å². The number of carbonyl (C=O) groups excluding carboxylic acids is 3. The largest absolute Gasteiger partial charge is 0.480 e. The van der Waals surface area contributed by atoms with Gasteiger partial charge < -0.3 is 15.3 Å². The number of hydrogen-bond acceptors (Lipinski definition) is 4. The van der Waals surface area contributed by atoms with Gasteiger partial charge in [-0.25, -0.2) is 4.39 Å². The number of carboxylic acids is 1. The number of aliphatic carboxylic acids is 1. The summed E-state index contributed by atoms with van der Waals surface area (Å²) in [6, 6.07) is 5.54. The Balaban J connectivity index is 2.07. The molecule has 122 valence electrons. The highest BCUT2D eigenvalue weighted by molar-refractivity contribution is 6.19. The second kappa shape index (κ2) is 6.99. The fourth-order valence-electron chi connectivity index (χ4n) is 2.31. The highest BCUT2D eigenvalue weighted by Gasteiger charge is 2.40. The summed E-state index contributed by atoms with van der Waals surface area (Å²) in [6.07, 6.45) is 0.0120. The SMILES string of the molecule is O=C(O)CNC(=O)C1C(=O)CCN(Cc2ccc(F)cc2)C1=O. The van der Waals surface area contributed by atoms with Crippen molar-refractivity contribution in [3.8, 4) is 0 Å². The molecule has 1 aromatic carbocycles. The molecule has 1 saturated heterocycles. The van der Waals surface area contributed by atoms with Gasteiger partial charge in [-0.3, -0.25) is 19.2 Å². The van der Waals surface area contributed by atoms with Crippen molar-refractivity contribution in [1.29, 1.82) is 0 Å². The van der Waals surface area contributed by atoms with E-state index in [1.807, 2.05) is 5.32 Å². The molecule has 1 atom stereocenters. The van der Waals surface area contributed by atoms with Crippen molar-refractivity contribution in [2.45, 2.75) is 13.0 Å². The number of carbonyl (C=O) groups is 4. The van der Waals surface area contributed by atoms with Gasteiger partial charge in [0.2, 0.25) is 11.8 Å². The monoisotopic (exact) mass is 322 g/mol. The first-order valence-corrected chi connectivity index (χ1v) is 6.94. The third-order valence-electron chi connectivity index (χ3n) is 3.47. The molecule has 1 aromatic rings. The number of piperidine rings is 1. The Morgan fingerprint density at radius 1 is 1.26 bits per heavy atom. The molecule has 2 N–H and O–H groups in total. The molecule has 0 radical (unpaired) electrons. The summed E-state index contributed by atoms with van der Waals surface area (Å²) in [5, 5.41) is 10.6. The highest BCUT2D eigenvalue weighted by Crippen LogP contribution is 2.18. The van der Waals surface area contributed by atoms with Crippen molar-refractivity contribution < 1.29 is 28.7 Å². The fraction of sp³-hybridized carbons (Fsp3) is 0.333. The number of ketones is 1. The lowest BCUT2D eigenvalue weighted by atomic mass is 9.94. The van der Waals surface area contributed by atoms with Gasteiger partial charge in [-0.2, -0.15) is 0 Å². The lowest BCUT2D eigenvalue weighted by Crippen LogP contribution is -2.52. The van der Waals surface area contributed by atoms with Gasteiger partial charge in [0.1, 0.15) is 12.4 Å². The molecular formula is C15H15FN2O5. The zero-order valence-corrected chi connectivity index (χ0v) is 12.1. The Hall–Kier alpha value is -2.77. The van der Waals surface area contributed by atoms with Gasteiger partial charge >= 0.3 is 5.97 Å². The molecule has 0 bridgehead atoms. The van der Waals surface area contributed by atoms with Crippen LogP contribution in [0.4, 0.5) is 4.39 Å². The third-order valence-corrected chi connectivity index (χ3v) is 3.47. The summed E-state index contributed by atoms with van der Waals surface area (Å²) in [6.45, 7) is -0.347. The van der Waals surface area contributed by atoms with Crippen LogP contribution in [0.5, 0.6) is 0 Å². The summed E-state index contributed by atoms with van der Waals surface area (Å²) >= 11 is 0. The van der Waals surface area contributed by atoms with Crippen LogP contribution in [0.1, 0.15) is 12.0 Å². The van der Waals surface area contributed by atoms with E-state index < -0.39 is 41.8 Å². The van der Waals surface area contributed by atoms with Crippen LogP contribution in [0.15, 0.2) is 24.3 Å². The maximum absolute atomic E-state index is 12.9. The number of carboxylic acid groups (broad SMARTS) is 1. The third kappa shape index (κ3) is 4.12. The molecule has 1 aliphatic heterocycles. The molecule has 1 aliphatic rings. The summed E-state index contributed by atoms with van der Waals surface area (Å²) in [5.41, 5.74) is 0.666. The van der Waals surface area contributed by atoms with E-state index in [0.717, 1.165) is 0 Å². The van der Waals surface area contributed by atoms with Crippen molar-refractivity contribution in [1.82, 2.24) is 10.2 Å². The van der Waals surface area contributed by atoms with Crippen LogP contribution >= 0.6 is 0 Å². The zero-order valence-electron chi connectivity index (χ0n) is 12.1. The van der Waals surface area contributed by atoms with Crippen LogP contribution in [0.3, 0.4) is 0 Å². The van der Waals surface area contributed by atoms with Crippen molar-refractivity contribution in [3.05, 3.63) is 35.6 Å². The molecule has 0 aliphatic carbocycles. The second-order valence-electron chi connectivity index (χ2n) is 5.15. The van der Waals surface area contributed by atoms with Crippen LogP contribution < -0.4 is 5.32 Å². The van der Waals surface area contributed by atoms with E-state index in [4.69, 9.17) is 5.11 Å². The summed E-state index contributed by atoms with van der Waals surface area (Å²) in [7, 11) is 0. The summed E-state index contributed by atoms with van der Waals surface area (Å²) < 4.78 is 12.9. The van der Waals surface area contributed by atoms with E-state index in [9.17, 15) is 23.6 Å². The van der Waals surface area contributed by atoms with E-state index in [0.29, 0.717) is 5.56 Å². The number of benzene rings is 1. The van der Waals surface area contributed by atoms with E-state index >= 15 is 0 Å². The van der Waals surface area contributed by atoms with Crippen molar-refractivity contribution in [2.75, 3.05) is 13.1 Å². The van der Waals surface area contributed by atoms with Gasteiger partial charge in [-0.1, -0.05) is 12.1 Å². The van der Waals surface area contributed by atoms with Crippen molar-refractivity contribution >= 4 is 23.6 Å². The van der Waals surface area contributed by atoms with Gasteiger partial charge in [0.05, 0.1) is 0 Å². The van der Waals surface area contributed by atoms with Crippen LogP contribution in [-0.2, 0) is 25.7 Å². The smallest absolute Gasteiger partial charge is 0.322 e. The number of likely N-dealkylation sites (tertiary alicyclic amines) is 1. The van der Waals surface area contributed by atoms with Crippen molar-refractivity contribution in [2.24, 2.45) is 5.92 Å². The summed E-state index contributed by atoms with van der Waals surface area (Å²) in [4.78, 5) is 47.8. The Bertz CT molecular complexity index is 644. The standard InChI is InChI=1S/C15H15FN2O5/c16-10-3-1-9(2-4-10)8-18-6-5-11(19)13(15(18)23)14(22)17-7-12(20)21/h1-4,13H,5-8H2,(H,17,22)(H,20,21). The first-order chi connectivity index (χ1) is 10.9. The molecule has 1 fully saturated rings. The molecule has 1 unspecified atom stereocenters. The molecule has 7 nitrogen and oxygen atoms in total. The maximum atomic E-state index is 12.9. The molecule has 0 spiro atoms. The van der Waals surface area contributed by atoms with Crippen LogP contribution in [-0.4, -0.2) is 46.7 Å². The fourth-order valence-corrected chi connectivity index (χ4v) is 2.31. The van der Waals surface area contributed by atoms with Crippen LogP contribution in [0, 0.1) is 11.7 Å². The minimum Gasteiger partial charge on any atom is -0.480 e. The van der Waals surface area contributed by atoms with Crippen LogP contribution in [0.25, 0.3) is 0 Å². The minimum atomic E-state index is -1.52. The number of halogens is 1. The molecule has 0 saturated carbocycles. The second-order valence-corrected chi connectivity index (χ2v) is 5.15. The maximum Gasteiger partial charge on any atom is 0.322 e. The summed E-state index contributed by atoms with van der Waals surface area (Å²) in [5.74, 6) is -5.31. The Morgan fingerprint density at radius 2 is 1.91 bits per heavy atom. The van der Waals surface area contributed by atoms with Gasteiger partial charge in [-0.15, -0.1) is 0 Å². The topological polar surface area (TPSA) is 104 Å². The number of rotatable bonds is 5. The average molecular weight is 322 g/mol. The zero-order chi connectivity index (χ0) is 17.0. The van der Waals surface area contributed by atoms with E-state index in [2.05, 4.69) is 0 Å². The Morgan fingerprint density at radius 3 is 2.52 bits per heavy atom. The molecule has 2 rings (SSSR count). The van der Waals surface area contributed by atoms with Gasteiger partial charge in [0.15, 0.2) is 11.7 Å². The molecule has 23 heavy (non-hydrogen) atoms. The number of hydrogen-bond donors (Lipinski definition) is 2. The average Bonchev–Trinajstić information content (AvgIpc) is 2.50. The Kier molecular flexibility index (Phi) is 5.05. The Labute approximate surface area is 131 Å². The number of Topliss-reactive ketones (excluding diaryl/α,β-unsaturated/α-hetero) is 1. The number of nitrogens with zero attached hydrogens (tertiary/aromatic N) is 1. The quantitative estimate of drug-likeness (QED) is 0.739. The van der Waals surface area contributed by atoms with Gasteiger partial charge in [-0.05, 0) is 17.7 Å². The van der Waals surface area contributed by atoms with E-state index in [1.165, 1.54) is 29.2 Å². The lowest BCUT2D eigenvalue weighted by molar-refractivity contribution is -0.152. The molecule has 2 amide bonds. The predicted octanol–water partition coefficient (Wildman–Crippen LogP) is -0.0559. The number of amides is 2. The highest BCUT2D eigenvalue weighted by atomic mass is 19.1. The predicted molar refractivity (Wildman–Crippen MR) is 75.6 cm³/mol. The minimum absolute atomic E-state index is 0.0120. The van der Waals surface area contributed by atoms with Gasteiger partial charge in [0, 0.05) is 19.5 Å². The first kappa shape index (κ1) is 16.6. The van der Waals surface area contributed by atoms with E-state index in [1.54, 1.807) is 0 Å². The normalized spacial score (nSPS) is 18.0. The number of nitrogens with one attached hydrogen (secondary N) is 1. The molecule has 0 aromatic heterocycles. The van der Waals surface area contributed by atoms with Gasteiger partial charge in [0.25, 0.3) is 0 Å². The molecule has 8 heteroatoms. The lowest BCUT2D eigenvalue weighted by Gasteiger charge is -2.30. The van der Waals surface area contributed by atoms with Crippen molar-refractivity contribution in [3.63, 3.8) is 0 Å². The van der Waals surface area contributed by atoms with Crippen LogP contribution in [0.2, 0.25) is 0 Å². The first-order valence-electron chi connectivity index (χ1n) is 6.94.